The summed E-state index contributed by atoms with van der Waals surface area (Å²) in [5, 5.41) is 0.0558. The Labute approximate surface area is 353 Å². The van der Waals surface area contributed by atoms with Gasteiger partial charge in [-0.1, -0.05) is 129 Å². The predicted octanol–water partition coefficient (Wildman–Crippen LogP) is 13.4. The number of rotatable bonds is 13. The van der Waals surface area contributed by atoms with Crippen LogP contribution in [0.15, 0.2) is 71.9 Å². The zero-order valence-electron chi connectivity index (χ0n) is 39.5. The van der Waals surface area contributed by atoms with Gasteiger partial charge in [0.25, 0.3) is 0 Å². The lowest BCUT2D eigenvalue weighted by Gasteiger charge is -2.46. The molecule has 0 aromatic heterocycles. The van der Waals surface area contributed by atoms with Gasteiger partial charge in [0.05, 0.1) is 25.4 Å². The monoisotopic (exact) mass is 845 g/mol. The van der Waals surface area contributed by atoms with Crippen molar-refractivity contribution in [3.05, 3.63) is 71.9 Å². The summed E-state index contributed by atoms with van der Waals surface area (Å²) in [6.07, 6.45) is 23.6. The van der Waals surface area contributed by atoms with Crippen molar-refractivity contribution >= 4 is 36.9 Å². The molecule has 0 saturated heterocycles. The molecule has 0 aromatic carbocycles. The number of allylic oxidation sites excluding steroid dienone is 6. The van der Waals surface area contributed by atoms with Gasteiger partial charge in [0, 0.05) is 24.5 Å². The van der Waals surface area contributed by atoms with E-state index in [1.54, 1.807) is 12.2 Å². The highest BCUT2D eigenvalue weighted by molar-refractivity contribution is 6.77. The highest BCUT2D eigenvalue weighted by atomic mass is 28.4. The molecule has 0 saturated carbocycles. The second-order valence-corrected chi connectivity index (χ2v) is 34.3. The average molecular weight is 845 g/mol. The van der Waals surface area contributed by atoms with Gasteiger partial charge >= 0.3 is 11.9 Å². The first-order chi connectivity index (χ1) is 26.2. The Morgan fingerprint density at radius 2 is 1.47 bits per heavy atom. The third-order valence-electron chi connectivity index (χ3n) is 11.5. The number of methoxy groups -OCH3 is 1. The fraction of sp³-hybridized carbons (Fsp3) is 0.702. The van der Waals surface area contributed by atoms with Crippen LogP contribution in [0, 0.1) is 5.92 Å². The maximum Gasteiger partial charge on any atom is 0.330 e. The van der Waals surface area contributed by atoms with Gasteiger partial charge < -0.3 is 22.8 Å². The van der Waals surface area contributed by atoms with Crippen molar-refractivity contribution in [1.29, 1.82) is 0 Å². The van der Waals surface area contributed by atoms with E-state index in [9.17, 15) is 9.59 Å². The quantitative estimate of drug-likeness (QED) is 0.0600. The summed E-state index contributed by atoms with van der Waals surface area (Å²) in [6.45, 7) is 38.5. The molecule has 1 aliphatic heterocycles. The minimum Gasteiger partial charge on any atom is -0.466 e. The Hall–Kier alpha value is -2.09. The van der Waals surface area contributed by atoms with Gasteiger partial charge in [-0.25, -0.2) is 9.59 Å². The molecule has 5 atom stereocenters. The van der Waals surface area contributed by atoms with Crippen molar-refractivity contribution in [3.63, 3.8) is 0 Å². The maximum absolute atomic E-state index is 13.2. The van der Waals surface area contributed by atoms with Crippen LogP contribution in [0.4, 0.5) is 0 Å². The van der Waals surface area contributed by atoms with E-state index in [2.05, 4.69) is 132 Å². The van der Waals surface area contributed by atoms with E-state index in [1.807, 2.05) is 26.0 Å². The summed E-state index contributed by atoms with van der Waals surface area (Å²) in [7, 11) is -5.02. The van der Waals surface area contributed by atoms with Crippen molar-refractivity contribution < 1.29 is 32.3 Å². The molecule has 0 bridgehead atoms. The molecule has 7 nitrogen and oxygen atoms in total. The normalized spacial score (nSPS) is 22.9. The zero-order chi connectivity index (χ0) is 43.8. The number of ether oxygens (including phenoxy) is 2. The maximum atomic E-state index is 13.2. The van der Waals surface area contributed by atoms with Crippen LogP contribution < -0.4 is 0 Å². The molecule has 0 amide bonds. The van der Waals surface area contributed by atoms with Gasteiger partial charge in [-0.3, -0.25) is 0 Å². The third kappa shape index (κ3) is 18.8. The van der Waals surface area contributed by atoms with Crippen molar-refractivity contribution in [2.75, 3.05) is 7.11 Å². The fourth-order valence-electron chi connectivity index (χ4n) is 7.57. The van der Waals surface area contributed by atoms with E-state index >= 15 is 0 Å². The number of cyclic esters (lactones) is 1. The molecular formula is C47H84O7Si3. The summed E-state index contributed by atoms with van der Waals surface area (Å²) < 4.78 is 32.7. The molecule has 1 aliphatic rings. The second-order valence-electron chi connectivity index (χ2n) is 19.6. The van der Waals surface area contributed by atoms with E-state index in [4.69, 9.17) is 22.8 Å². The first-order valence-corrected chi connectivity index (χ1v) is 30.1. The van der Waals surface area contributed by atoms with E-state index in [0.29, 0.717) is 23.0 Å². The van der Waals surface area contributed by atoms with Crippen molar-refractivity contribution in [3.8, 4) is 0 Å². The third-order valence-corrected chi connectivity index (χ3v) is 23.1. The van der Waals surface area contributed by atoms with Crippen LogP contribution in [0.2, 0.25) is 54.4 Å². The number of carbonyl (C=O) groups excluding carboxylic acids is 2. The lowest BCUT2D eigenvalue weighted by molar-refractivity contribution is -0.144. The van der Waals surface area contributed by atoms with Crippen LogP contribution in [0.5, 0.6) is 0 Å². The Balaban J connectivity index is 3.82. The molecule has 10 heteroatoms. The number of esters is 2. The summed E-state index contributed by atoms with van der Waals surface area (Å²) in [4.78, 5) is 24.9. The lowest BCUT2D eigenvalue weighted by atomic mass is 9.95. The standard InChI is InChI=1S/C47H84O7Si3/c1-35(2)57(36(3)4,37(5)6)54-43-31-30-41(52-56(17,18)47(10,11)12)26-22-20-24-28-46(49)51-44(40(9)33-39(8)29-32-45(48)50-13)34-38(7)25-21-19-23-27-42(43)53-55(14,15)16/h19,21,24-25,28-33,35-37,40-44H,20,22-23,26-27,34H2,1-18H3/t40-,41-,42-,43-,44-/m1/s1. The van der Waals surface area contributed by atoms with Gasteiger partial charge in [0.15, 0.2) is 16.6 Å². The van der Waals surface area contributed by atoms with Crippen molar-refractivity contribution in [2.45, 2.75) is 200 Å². The van der Waals surface area contributed by atoms with Crippen molar-refractivity contribution in [2.24, 2.45) is 5.92 Å². The molecule has 1 rings (SSSR count). The number of carbonyl (C=O) groups is 2. The highest BCUT2D eigenvalue weighted by Crippen LogP contribution is 2.44. The fourth-order valence-corrected chi connectivity index (χ4v) is 15.6. The predicted molar refractivity (Wildman–Crippen MR) is 249 cm³/mol. The molecule has 0 N–H and O–H groups in total. The molecule has 0 aromatic rings. The van der Waals surface area contributed by atoms with Crippen LogP contribution in [0.3, 0.4) is 0 Å². The van der Waals surface area contributed by atoms with E-state index in [0.717, 1.165) is 43.3 Å². The summed E-state index contributed by atoms with van der Waals surface area (Å²) in [5.41, 5.74) is 3.31. The Morgan fingerprint density at radius 3 is 2.02 bits per heavy atom. The first-order valence-electron chi connectivity index (χ1n) is 21.6. The van der Waals surface area contributed by atoms with Crippen molar-refractivity contribution in [1.82, 2.24) is 0 Å². The Bertz CT molecular complexity index is 1400. The number of hydrogen-bond acceptors (Lipinski definition) is 7. The average Bonchev–Trinajstić information content (AvgIpc) is 3.07. The Kier molecular flexibility index (Phi) is 22.5. The molecule has 57 heavy (non-hydrogen) atoms. The molecule has 0 fully saturated rings. The topological polar surface area (TPSA) is 80.3 Å². The summed E-state index contributed by atoms with van der Waals surface area (Å²) in [6, 6.07) is 0. The van der Waals surface area contributed by atoms with Gasteiger partial charge in [-0.2, -0.15) is 0 Å². The second kappa shape index (κ2) is 24.2. The van der Waals surface area contributed by atoms with Crippen LogP contribution in [-0.4, -0.2) is 68.4 Å². The lowest BCUT2D eigenvalue weighted by Crippen LogP contribution is -2.53. The van der Waals surface area contributed by atoms with Crippen LogP contribution in [-0.2, 0) is 32.3 Å². The minimum absolute atomic E-state index is 0.0558. The molecule has 0 aliphatic carbocycles. The SMILES string of the molecule is COC(=O)C=CC(C)=C[C@@H](C)[C@H]1CC(C)=CC=CCC[C@@H](O[Si](C)(C)C)[C@H](O[Si](C(C)C)(C(C)C)C(C)C)C=C[C@H](O[Si](C)(C)C(C)(C)C)CCCC=CC(=O)O1. The summed E-state index contributed by atoms with van der Waals surface area (Å²) >= 11 is 0. The molecule has 0 spiro atoms. The van der Waals surface area contributed by atoms with E-state index in [1.165, 1.54) is 13.2 Å². The highest BCUT2D eigenvalue weighted by Gasteiger charge is 2.48. The molecule has 326 valence electrons. The van der Waals surface area contributed by atoms with Gasteiger partial charge in [0.2, 0.25) is 8.32 Å². The minimum atomic E-state index is -2.29. The summed E-state index contributed by atoms with van der Waals surface area (Å²) in [5.74, 6) is -0.854. The number of hydrogen-bond donors (Lipinski definition) is 0. The smallest absolute Gasteiger partial charge is 0.330 e. The molecule has 0 unspecified atom stereocenters. The van der Waals surface area contributed by atoms with Crippen LogP contribution in [0.1, 0.15) is 122 Å². The van der Waals surface area contributed by atoms with Gasteiger partial charge in [0.1, 0.15) is 6.10 Å². The van der Waals surface area contributed by atoms with E-state index < -0.39 is 30.9 Å². The largest absolute Gasteiger partial charge is 0.466 e. The van der Waals surface area contributed by atoms with Gasteiger partial charge in [-0.05, 0) is 100 Å². The molecule has 0 radical (unpaired) electrons. The van der Waals surface area contributed by atoms with Crippen LogP contribution in [0.25, 0.3) is 0 Å². The zero-order valence-corrected chi connectivity index (χ0v) is 42.5. The first kappa shape index (κ1) is 52.9. The Morgan fingerprint density at radius 1 is 0.860 bits per heavy atom. The van der Waals surface area contributed by atoms with E-state index in [-0.39, 0.29) is 41.3 Å². The molecule has 1 heterocycles. The van der Waals surface area contributed by atoms with Crippen LogP contribution >= 0.6 is 0 Å². The molecular weight excluding hydrogens is 761 g/mol. The van der Waals surface area contributed by atoms with Gasteiger partial charge in [-0.15, -0.1) is 0 Å².